The number of hydrogen-bond donors (Lipinski definition) is 1. The molecule has 0 spiro atoms. The van der Waals surface area contributed by atoms with Gasteiger partial charge in [-0.3, -0.25) is 0 Å². The molecule has 136 valence electrons. The van der Waals surface area contributed by atoms with E-state index in [0.29, 0.717) is 23.1 Å². The molecular formula is C20H21Cl2N3O. The molecule has 6 heteroatoms. The van der Waals surface area contributed by atoms with Crippen molar-refractivity contribution in [3.63, 3.8) is 0 Å². The Kier molecular flexibility index (Phi) is 6.17. The highest BCUT2D eigenvalue weighted by Crippen LogP contribution is 2.30. The Morgan fingerprint density at radius 2 is 1.73 bits per heavy atom. The van der Waals surface area contributed by atoms with Crippen LogP contribution in [0.1, 0.15) is 36.8 Å². The van der Waals surface area contributed by atoms with Crippen LogP contribution in [0.4, 0.5) is 4.79 Å². The second kappa shape index (κ2) is 8.56. The van der Waals surface area contributed by atoms with Crippen molar-refractivity contribution in [3.05, 3.63) is 69.7 Å². The van der Waals surface area contributed by atoms with Crippen LogP contribution in [0.5, 0.6) is 0 Å². The monoisotopic (exact) mass is 389 g/mol. The smallest absolute Gasteiger partial charge is 0.336 e. The minimum Gasteiger partial charge on any atom is -0.336 e. The molecule has 26 heavy (non-hydrogen) atoms. The maximum atomic E-state index is 12.4. The summed E-state index contributed by atoms with van der Waals surface area (Å²) >= 11 is 12.0. The van der Waals surface area contributed by atoms with Crippen molar-refractivity contribution in [2.45, 2.75) is 25.7 Å². The summed E-state index contributed by atoms with van der Waals surface area (Å²) in [6.07, 6.45) is 1.99. The van der Waals surface area contributed by atoms with Gasteiger partial charge >= 0.3 is 6.03 Å². The van der Waals surface area contributed by atoms with Gasteiger partial charge in [-0.25, -0.2) is 9.80 Å². The van der Waals surface area contributed by atoms with Crippen LogP contribution in [0, 0.1) is 0 Å². The number of rotatable bonds is 5. The molecule has 0 aromatic heterocycles. The number of nitrogens with one attached hydrogen (secondary N) is 1. The van der Waals surface area contributed by atoms with Gasteiger partial charge in [0.25, 0.3) is 0 Å². The highest BCUT2D eigenvalue weighted by atomic mass is 35.5. The maximum absolute atomic E-state index is 12.4. The number of hydrazone groups is 1. The second-order valence-electron chi connectivity index (χ2n) is 6.26. The number of carbonyl (C=O) groups is 1. The minimum absolute atomic E-state index is 0.00892. The second-order valence-corrected chi connectivity index (χ2v) is 7.14. The van der Waals surface area contributed by atoms with Gasteiger partial charge in [-0.05, 0) is 41.8 Å². The van der Waals surface area contributed by atoms with Gasteiger partial charge in [-0.2, -0.15) is 5.10 Å². The Bertz CT molecular complexity index is 788. The number of nitrogens with zero attached hydrogens (tertiary/aromatic N) is 2. The number of urea groups is 1. The molecule has 1 atom stereocenters. The van der Waals surface area contributed by atoms with Gasteiger partial charge in [0.15, 0.2) is 0 Å². The van der Waals surface area contributed by atoms with Gasteiger partial charge in [-0.1, -0.05) is 60.8 Å². The molecule has 0 bridgehead atoms. The van der Waals surface area contributed by atoms with Crippen molar-refractivity contribution >= 4 is 34.9 Å². The third-order valence-electron chi connectivity index (χ3n) is 4.37. The van der Waals surface area contributed by atoms with Crippen molar-refractivity contribution in [1.29, 1.82) is 0 Å². The summed E-state index contributed by atoms with van der Waals surface area (Å²) in [4.78, 5) is 12.4. The molecule has 1 aliphatic heterocycles. The normalized spacial score (nSPS) is 16.5. The van der Waals surface area contributed by atoms with E-state index in [0.717, 1.165) is 29.7 Å². The van der Waals surface area contributed by atoms with Crippen molar-refractivity contribution in [1.82, 2.24) is 10.3 Å². The van der Waals surface area contributed by atoms with Crippen LogP contribution in [-0.4, -0.2) is 29.8 Å². The maximum Gasteiger partial charge on any atom is 0.337 e. The van der Waals surface area contributed by atoms with E-state index in [-0.39, 0.29) is 11.9 Å². The Morgan fingerprint density at radius 3 is 2.35 bits per heavy atom. The molecule has 0 saturated carbocycles. The molecule has 2 amide bonds. The Morgan fingerprint density at radius 1 is 1.12 bits per heavy atom. The minimum atomic E-state index is -0.165. The zero-order valence-electron chi connectivity index (χ0n) is 14.6. The predicted octanol–water partition coefficient (Wildman–Crippen LogP) is 5.31. The fraction of sp³-hybridized carbons (Fsp3) is 0.300. The predicted molar refractivity (Wildman–Crippen MR) is 107 cm³/mol. The average Bonchev–Trinajstić information content (AvgIpc) is 3.08. The van der Waals surface area contributed by atoms with E-state index in [9.17, 15) is 4.79 Å². The van der Waals surface area contributed by atoms with Crippen LogP contribution >= 0.6 is 23.2 Å². The molecule has 2 aromatic carbocycles. The fourth-order valence-electron chi connectivity index (χ4n) is 2.93. The summed E-state index contributed by atoms with van der Waals surface area (Å²) in [6, 6.07) is 15.1. The van der Waals surface area contributed by atoms with Crippen LogP contribution < -0.4 is 5.32 Å². The van der Waals surface area contributed by atoms with Gasteiger partial charge in [0.05, 0.1) is 12.3 Å². The molecule has 0 radical (unpaired) electrons. The van der Waals surface area contributed by atoms with E-state index in [1.807, 2.05) is 48.5 Å². The lowest BCUT2D eigenvalue weighted by Crippen LogP contribution is -2.36. The largest absolute Gasteiger partial charge is 0.337 e. The lowest BCUT2D eigenvalue weighted by molar-refractivity contribution is 0.204. The van der Waals surface area contributed by atoms with Gasteiger partial charge in [-0.15, -0.1) is 0 Å². The van der Waals surface area contributed by atoms with E-state index in [1.165, 1.54) is 5.01 Å². The number of hydrogen-bond acceptors (Lipinski definition) is 2. The van der Waals surface area contributed by atoms with E-state index < -0.39 is 0 Å². The number of amides is 2. The third kappa shape index (κ3) is 4.37. The summed E-state index contributed by atoms with van der Waals surface area (Å²) in [5.74, 6) is -0.00892. The summed E-state index contributed by atoms with van der Waals surface area (Å²) in [7, 11) is 0. The highest BCUT2D eigenvalue weighted by molar-refractivity contribution is 6.31. The van der Waals surface area contributed by atoms with Crippen LogP contribution in [0.2, 0.25) is 10.0 Å². The molecule has 1 N–H and O–H groups in total. The average molecular weight is 390 g/mol. The SMILES string of the molecule is CCCCNC(=O)N1CC(c2ccc(Cl)cc2)C(c2ccc(Cl)cc2)=N1. The highest BCUT2D eigenvalue weighted by Gasteiger charge is 2.32. The van der Waals surface area contributed by atoms with Crippen molar-refractivity contribution in [2.24, 2.45) is 5.10 Å². The van der Waals surface area contributed by atoms with E-state index in [1.54, 1.807) is 0 Å². The molecule has 4 nitrogen and oxygen atoms in total. The Hall–Kier alpha value is -2.04. The lowest BCUT2D eigenvalue weighted by atomic mass is 9.91. The number of carbonyl (C=O) groups excluding carboxylic acids is 1. The van der Waals surface area contributed by atoms with E-state index >= 15 is 0 Å². The van der Waals surface area contributed by atoms with Crippen molar-refractivity contribution in [2.75, 3.05) is 13.1 Å². The standard InChI is InChI=1S/C20H21Cl2N3O/c1-2-3-12-23-20(26)25-13-18(14-4-8-16(21)9-5-14)19(24-25)15-6-10-17(22)11-7-15/h4-11,18H,2-3,12-13H2,1H3,(H,23,26). The number of unbranched alkanes of at least 4 members (excludes halogenated alkanes) is 1. The fourth-order valence-corrected chi connectivity index (χ4v) is 3.18. The molecule has 0 aliphatic carbocycles. The molecule has 0 fully saturated rings. The lowest BCUT2D eigenvalue weighted by Gasteiger charge is -2.16. The number of benzene rings is 2. The summed E-state index contributed by atoms with van der Waals surface area (Å²) in [5, 5.41) is 10.4. The topological polar surface area (TPSA) is 44.7 Å². The van der Waals surface area contributed by atoms with Crippen molar-refractivity contribution < 1.29 is 4.79 Å². The van der Waals surface area contributed by atoms with E-state index in [2.05, 4.69) is 17.3 Å². The van der Waals surface area contributed by atoms with Crippen LogP contribution in [-0.2, 0) is 0 Å². The zero-order chi connectivity index (χ0) is 18.5. The molecule has 2 aromatic rings. The van der Waals surface area contributed by atoms with Gasteiger partial charge < -0.3 is 5.32 Å². The van der Waals surface area contributed by atoms with Crippen molar-refractivity contribution in [3.8, 4) is 0 Å². The molecule has 1 unspecified atom stereocenters. The number of halogens is 2. The van der Waals surface area contributed by atoms with Gasteiger partial charge in [0.1, 0.15) is 0 Å². The first-order valence-electron chi connectivity index (χ1n) is 8.73. The first-order chi connectivity index (χ1) is 12.6. The molecule has 3 rings (SSSR count). The molecule has 1 aliphatic rings. The van der Waals surface area contributed by atoms with Crippen LogP contribution in [0.25, 0.3) is 0 Å². The Labute approximate surface area is 163 Å². The van der Waals surface area contributed by atoms with Gasteiger partial charge in [0, 0.05) is 22.5 Å². The van der Waals surface area contributed by atoms with Gasteiger partial charge in [0.2, 0.25) is 0 Å². The molecule has 1 heterocycles. The summed E-state index contributed by atoms with van der Waals surface area (Å²) < 4.78 is 0. The third-order valence-corrected chi connectivity index (χ3v) is 4.87. The van der Waals surface area contributed by atoms with Crippen LogP contribution in [0.3, 0.4) is 0 Å². The zero-order valence-corrected chi connectivity index (χ0v) is 16.1. The summed E-state index contributed by atoms with van der Waals surface area (Å²) in [6.45, 7) is 3.25. The first kappa shape index (κ1) is 18.7. The van der Waals surface area contributed by atoms with Crippen LogP contribution in [0.15, 0.2) is 53.6 Å². The summed E-state index contributed by atoms with van der Waals surface area (Å²) in [5.41, 5.74) is 2.89. The molecular weight excluding hydrogens is 369 g/mol. The quantitative estimate of drug-likeness (QED) is 0.692. The van der Waals surface area contributed by atoms with E-state index in [4.69, 9.17) is 23.2 Å². The Balaban J connectivity index is 1.87. The molecule has 0 saturated heterocycles. The first-order valence-corrected chi connectivity index (χ1v) is 9.49.